The number of ether oxygens (including phenoxy) is 1. The highest BCUT2D eigenvalue weighted by atomic mass is 35.5. The average Bonchev–Trinajstić information content (AvgIpc) is 2.97. The smallest absolute Gasteiger partial charge is 0.227 e. The Morgan fingerprint density at radius 3 is 2.35 bits per heavy atom. The van der Waals surface area contributed by atoms with Gasteiger partial charge in [0.15, 0.2) is 0 Å². The van der Waals surface area contributed by atoms with Gasteiger partial charge in [-0.3, -0.25) is 9.59 Å². The fraction of sp³-hybridized carbons (Fsp3) is 0.375. The van der Waals surface area contributed by atoms with Crippen LogP contribution in [0.25, 0.3) is 0 Å². The highest BCUT2D eigenvalue weighted by Crippen LogP contribution is 2.34. The molecule has 4 rings (SSSR count). The number of hydrogen-bond acceptors (Lipinski definition) is 4. The molecule has 1 saturated heterocycles. The van der Waals surface area contributed by atoms with Crippen LogP contribution in [0.5, 0.6) is 5.75 Å². The number of nitrogens with zero attached hydrogens (tertiary/aromatic N) is 1. The molecule has 0 radical (unpaired) electrons. The molecule has 212 valence electrons. The molecule has 2 amide bonds. The molecular formula is C32H37Cl2N3O3. The number of carbonyl (C=O) groups excluding carboxylic acids is 2. The van der Waals surface area contributed by atoms with Crippen molar-refractivity contribution < 1.29 is 14.3 Å². The van der Waals surface area contributed by atoms with E-state index in [1.165, 1.54) is 0 Å². The summed E-state index contributed by atoms with van der Waals surface area (Å²) >= 11 is 12.5. The molecule has 40 heavy (non-hydrogen) atoms. The van der Waals surface area contributed by atoms with E-state index in [-0.39, 0.29) is 23.3 Å². The molecule has 1 fully saturated rings. The van der Waals surface area contributed by atoms with Crippen LogP contribution in [0.4, 0.5) is 0 Å². The Kier molecular flexibility index (Phi) is 10.5. The van der Waals surface area contributed by atoms with Crippen LogP contribution in [-0.2, 0) is 21.7 Å². The van der Waals surface area contributed by atoms with E-state index in [2.05, 4.69) is 27.7 Å². The molecule has 1 heterocycles. The van der Waals surface area contributed by atoms with Gasteiger partial charge in [-0.25, -0.2) is 0 Å². The van der Waals surface area contributed by atoms with E-state index in [9.17, 15) is 9.59 Å². The minimum absolute atomic E-state index is 0.0131. The molecule has 2 N–H and O–H groups in total. The zero-order valence-electron chi connectivity index (χ0n) is 23.1. The van der Waals surface area contributed by atoms with Gasteiger partial charge in [0.2, 0.25) is 11.8 Å². The van der Waals surface area contributed by atoms with Crippen LogP contribution >= 0.6 is 23.2 Å². The Morgan fingerprint density at radius 2 is 1.68 bits per heavy atom. The molecule has 0 saturated carbocycles. The molecule has 0 bridgehead atoms. The fourth-order valence-electron chi connectivity index (χ4n) is 5.59. The van der Waals surface area contributed by atoms with Crippen LogP contribution < -0.4 is 15.4 Å². The summed E-state index contributed by atoms with van der Waals surface area (Å²) in [6.07, 6.45) is 3.19. The Morgan fingerprint density at radius 1 is 0.975 bits per heavy atom. The highest BCUT2D eigenvalue weighted by Gasteiger charge is 2.36. The van der Waals surface area contributed by atoms with Gasteiger partial charge in [-0.2, -0.15) is 0 Å². The molecule has 1 aliphatic heterocycles. The zero-order valence-corrected chi connectivity index (χ0v) is 24.6. The number of nitrogens with one attached hydrogen (secondary N) is 2. The van der Waals surface area contributed by atoms with Crippen LogP contribution in [0.1, 0.15) is 55.2 Å². The number of rotatable bonds is 11. The summed E-state index contributed by atoms with van der Waals surface area (Å²) in [5.41, 5.74) is 2.57. The van der Waals surface area contributed by atoms with Crippen LogP contribution in [0.15, 0.2) is 72.8 Å². The monoisotopic (exact) mass is 581 g/mol. The summed E-state index contributed by atoms with van der Waals surface area (Å²) < 4.78 is 5.44. The highest BCUT2D eigenvalue weighted by molar-refractivity contribution is 6.42. The number of amides is 2. The van der Waals surface area contributed by atoms with E-state index in [1.807, 2.05) is 48.5 Å². The second kappa shape index (κ2) is 14.0. The van der Waals surface area contributed by atoms with Gasteiger partial charge >= 0.3 is 0 Å². The fourth-order valence-corrected chi connectivity index (χ4v) is 5.90. The first kappa shape index (κ1) is 29.9. The summed E-state index contributed by atoms with van der Waals surface area (Å²) in [4.78, 5) is 27.9. The molecule has 0 aliphatic carbocycles. The van der Waals surface area contributed by atoms with E-state index in [0.717, 1.165) is 61.3 Å². The lowest BCUT2D eigenvalue weighted by Crippen LogP contribution is -2.52. The third kappa shape index (κ3) is 7.57. The van der Waals surface area contributed by atoms with Gasteiger partial charge < -0.3 is 20.3 Å². The van der Waals surface area contributed by atoms with Crippen molar-refractivity contribution in [3.05, 3.63) is 99.5 Å². The molecule has 6 nitrogen and oxygen atoms in total. The number of halogens is 2. The van der Waals surface area contributed by atoms with E-state index >= 15 is 0 Å². The van der Waals surface area contributed by atoms with E-state index in [0.29, 0.717) is 23.0 Å². The van der Waals surface area contributed by atoms with Crippen molar-refractivity contribution in [3.8, 4) is 5.75 Å². The van der Waals surface area contributed by atoms with Crippen molar-refractivity contribution in [1.82, 2.24) is 15.5 Å². The maximum Gasteiger partial charge on any atom is 0.227 e. The second-order valence-corrected chi connectivity index (χ2v) is 11.2. The van der Waals surface area contributed by atoms with Crippen molar-refractivity contribution in [2.24, 2.45) is 0 Å². The number of piperidine rings is 1. The van der Waals surface area contributed by atoms with E-state index < -0.39 is 0 Å². The van der Waals surface area contributed by atoms with Crippen LogP contribution in [-0.4, -0.2) is 43.5 Å². The average molecular weight is 583 g/mol. The van der Waals surface area contributed by atoms with Crippen molar-refractivity contribution in [1.29, 1.82) is 0 Å². The third-order valence-electron chi connectivity index (χ3n) is 7.73. The van der Waals surface area contributed by atoms with E-state index in [4.69, 9.17) is 27.9 Å². The summed E-state index contributed by atoms with van der Waals surface area (Å²) in [5, 5.41) is 7.23. The molecule has 3 aromatic rings. The number of likely N-dealkylation sites (tertiary alicyclic amines) is 1. The molecule has 3 aromatic carbocycles. The summed E-state index contributed by atoms with van der Waals surface area (Å²) in [5.74, 6) is 0.305. The van der Waals surface area contributed by atoms with Gasteiger partial charge in [-0.1, -0.05) is 77.8 Å². The summed E-state index contributed by atoms with van der Waals surface area (Å²) in [6.45, 7) is 4.55. The molecule has 0 spiro atoms. The largest absolute Gasteiger partial charge is 0.496 e. The van der Waals surface area contributed by atoms with Gasteiger partial charge in [0.25, 0.3) is 0 Å². The molecule has 1 aliphatic rings. The van der Waals surface area contributed by atoms with Gasteiger partial charge in [0.1, 0.15) is 5.75 Å². The maximum atomic E-state index is 13.5. The van der Waals surface area contributed by atoms with Gasteiger partial charge in [0.05, 0.1) is 28.6 Å². The lowest BCUT2D eigenvalue weighted by Gasteiger charge is -2.42. The Bertz CT molecular complexity index is 1290. The molecular weight excluding hydrogens is 545 g/mol. The minimum Gasteiger partial charge on any atom is -0.496 e. The first-order valence-electron chi connectivity index (χ1n) is 13.7. The lowest BCUT2D eigenvalue weighted by atomic mass is 9.80. The predicted molar refractivity (Wildman–Crippen MR) is 161 cm³/mol. The number of methoxy groups -OCH3 is 1. The Hall–Kier alpha value is -3.06. The quantitative estimate of drug-likeness (QED) is 0.278. The Balaban J connectivity index is 1.39. The Labute approximate surface area is 247 Å². The van der Waals surface area contributed by atoms with Crippen LogP contribution in [0, 0.1) is 0 Å². The molecule has 0 aromatic heterocycles. The van der Waals surface area contributed by atoms with Crippen molar-refractivity contribution in [2.75, 3.05) is 26.7 Å². The topological polar surface area (TPSA) is 70.7 Å². The number of carbonyl (C=O) groups is 2. The van der Waals surface area contributed by atoms with Gasteiger partial charge in [-0.15, -0.1) is 0 Å². The second-order valence-electron chi connectivity index (χ2n) is 10.4. The number of benzene rings is 3. The normalized spacial score (nSPS) is 15.7. The molecule has 8 heteroatoms. The predicted octanol–water partition coefficient (Wildman–Crippen LogP) is 6.31. The molecule has 1 atom stereocenters. The first-order valence-corrected chi connectivity index (χ1v) is 14.5. The minimum atomic E-state index is -0.364. The SMILES string of the molecule is COc1ccccc1CNC(=O)C(CCCN1CCC(NC(C)=O)(c2ccccc2)CC1)c1ccc(Cl)c(Cl)c1. The number of hydrogen-bond donors (Lipinski definition) is 2. The van der Waals surface area contributed by atoms with Crippen molar-refractivity contribution in [2.45, 2.75) is 50.6 Å². The van der Waals surface area contributed by atoms with E-state index in [1.54, 1.807) is 26.2 Å². The van der Waals surface area contributed by atoms with Gasteiger partial charge in [0, 0.05) is 32.1 Å². The third-order valence-corrected chi connectivity index (χ3v) is 8.47. The van der Waals surface area contributed by atoms with Crippen molar-refractivity contribution in [3.63, 3.8) is 0 Å². The summed E-state index contributed by atoms with van der Waals surface area (Å²) in [7, 11) is 1.62. The van der Waals surface area contributed by atoms with Crippen molar-refractivity contribution >= 4 is 35.0 Å². The zero-order chi connectivity index (χ0) is 28.5. The van der Waals surface area contributed by atoms with Gasteiger partial charge in [-0.05, 0) is 61.6 Å². The van der Waals surface area contributed by atoms with Crippen LogP contribution in [0.2, 0.25) is 10.0 Å². The number of para-hydroxylation sites is 1. The molecule has 1 unspecified atom stereocenters. The lowest BCUT2D eigenvalue weighted by molar-refractivity contribution is -0.123. The maximum absolute atomic E-state index is 13.5. The first-order chi connectivity index (χ1) is 19.3. The summed E-state index contributed by atoms with van der Waals surface area (Å²) in [6, 6.07) is 23.3. The standard InChI is InChI=1S/C32H37Cl2N3O3/c1-23(38)36-32(26-10-4-3-5-11-26)16-19-37(20-17-32)18-8-12-27(24-14-15-28(33)29(34)21-24)31(39)35-22-25-9-6-7-13-30(25)40-2/h3-7,9-11,13-15,21,27H,8,12,16-20,22H2,1-2H3,(H,35,39)(H,36,38). The van der Waals surface area contributed by atoms with Crippen LogP contribution in [0.3, 0.4) is 0 Å².